The van der Waals surface area contributed by atoms with Crippen molar-refractivity contribution in [3.8, 4) is 5.75 Å². The molecule has 0 saturated carbocycles. The minimum absolute atomic E-state index is 0.215. The van der Waals surface area contributed by atoms with Crippen molar-refractivity contribution < 1.29 is 14.3 Å². The van der Waals surface area contributed by atoms with E-state index in [0.717, 1.165) is 0 Å². The van der Waals surface area contributed by atoms with E-state index in [-0.39, 0.29) is 16.5 Å². The van der Waals surface area contributed by atoms with E-state index in [1.165, 1.54) is 26.2 Å². The third-order valence-electron chi connectivity index (χ3n) is 2.94. The lowest BCUT2D eigenvalue weighted by molar-refractivity contribution is -0.114. The zero-order valence-electron chi connectivity index (χ0n) is 12.4. The topological polar surface area (TPSA) is 67.4 Å². The Morgan fingerprint density at radius 2 is 1.78 bits per heavy atom. The number of carbonyl (C=O) groups is 2. The summed E-state index contributed by atoms with van der Waals surface area (Å²) in [5, 5.41) is 6.03. The van der Waals surface area contributed by atoms with Crippen molar-refractivity contribution >= 4 is 46.4 Å². The highest BCUT2D eigenvalue weighted by Gasteiger charge is 2.14. The highest BCUT2D eigenvalue weighted by Crippen LogP contribution is 2.29. The lowest BCUT2D eigenvalue weighted by Crippen LogP contribution is -2.14. The molecule has 0 radical (unpaired) electrons. The SMILES string of the molecule is COc1ccc(NC(C)=O)cc1NC(=O)c1ccc(Cl)cc1Cl. The summed E-state index contributed by atoms with van der Waals surface area (Å²) in [6, 6.07) is 9.51. The van der Waals surface area contributed by atoms with E-state index in [9.17, 15) is 9.59 Å². The first-order valence-electron chi connectivity index (χ1n) is 6.62. The smallest absolute Gasteiger partial charge is 0.257 e. The molecule has 7 heteroatoms. The van der Waals surface area contributed by atoms with E-state index < -0.39 is 5.91 Å². The van der Waals surface area contributed by atoms with E-state index in [1.807, 2.05) is 0 Å². The molecule has 0 heterocycles. The average molecular weight is 353 g/mol. The molecule has 2 aromatic carbocycles. The van der Waals surface area contributed by atoms with E-state index in [4.69, 9.17) is 27.9 Å². The second kappa shape index (κ2) is 7.35. The Morgan fingerprint density at radius 3 is 2.39 bits per heavy atom. The van der Waals surface area contributed by atoms with Gasteiger partial charge in [0.25, 0.3) is 5.91 Å². The molecule has 23 heavy (non-hydrogen) atoms. The molecule has 0 aliphatic rings. The Bertz CT molecular complexity index is 763. The molecule has 0 spiro atoms. The molecule has 5 nitrogen and oxygen atoms in total. The molecule has 0 aromatic heterocycles. The quantitative estimate of drug-likeness (QED) is 0.865. The molecule has 0 atom stereocenters. The molecule has 0 aliphatic heterocycles. The minimum Gasteiger partial charge on any atom is -0.495 e. The van der Waals surface area contributed by atoms with Crippen molar-refractivity contribution in [3.63, 3.8) is 0 Å². The first kappa shape index (κ1) is 17.1. The monoisotopic (exact) mass is 352 g/mol. The summed E-state index contributed by atoms with van der Waals surface area (Å²) in [5.74, 6) is -0.171. The average Bonchev–Trinajstić information content (AvgIpc) is 2.46. The van der Waals surface area contributed by atoms with Gasteiger partial charge in [-0.05, 0) is 36.4 Å². The number of rotatable bonds is 4. The second-order valence-corrected chi connectivity index (χ2v) is 5.52. The summed E-state index contributed by atoms with van der Waals surface area (Å²) in [7, 11) is 1.48. The van der Waals surface area contributed by atoms with Crippen LogP contribution < -0.4 is 15.4 Å². The number of nitrogens with one attached hydrogen (secondary N) is 2. The highest BCUT2D eigenvalue weighted by molar-refractivity contribution is 6.37. The van der Waals surface area contributed by atoms with Gasteiger partial charge in [-0.15, -0.1) is 0 Å². The number of amides is 2. The van der Waals surface area contributed by atoms with Crippen LogP contribution in [0.5, 0.6) is 5.75 Å². The Morgan fingerprint density at radius 1 is 1.04 bits per heavy atom. The number of anilines is 2. The zero-order chi connectivity index (χ0) is 17.0. The summed E-state index contributed by atoms with van der Waals surface area (Å²) in [6.45, 7) is 1.40. The standard InChI is InChI=1S/C16H14Cl2N2O3/c1-9(21)19-11-4-6-15(23-2)14(8-11)20-16(22)12-5-3-10(17)7-13(12)18/h3-8H,1-2H3,(H,19,21)(H,20,22). The highest BCUT2D eigenvalue weighted by atomic mass is 35.5. The molecule has 0 fully saturated rings. The van der Waals surface area contributed by atoms with Crippen LogP contribution >= 0.6 is 23.2 Å². The van der Waals surface area contributed by atoms with Crippen molar-refractivity contribution in [3.05, 3.63) is 52.0 Å². The van der Waals surface area contributed by atoms with Crippen LogP contribution in [0.1, 0.15) is 17.3 Å². The van der Waals surface area contributed by atoms with Crippen molar-refractivity contribution in [1.29, 1.82) is 0 Å². The molecule has 0 saturated heterocycles. The van der Waals surface area contributed by atoms with Gasteiger partial charge in [-0.3, -0.25) is 9.59 Å². The minimum atomic E-state index is -0.412. The van der Waals surface area contributed by atoms with Crippen LogP contribution in [0.4, 0.5) is 11.4 Å². The lowest BCUT2D eigenvalue weighted by atomic mass is 10.2. The number of hydrogen-bond donors (Lipinski definition) is 2. The normalized spacial score (nSPS) is 10.1. The maximum absolute atomic E-state index is 12.4. The van der Waals surface area contributed by atoms with E-state index in [0.29, 0.717) is 22.1 Å². The van der Waals surface area contributed by atoms with Crippen molar-refractivity contribution in [2.45, 2.75) is 6.92 Å². The van der Waals surface area contributed by atoms with Crippen molar-refractivity contribution in [2.75, 3.05) is 17.7 Å². The largest absolute Gasteiger partial charge is 0.495 e. The first-order chi connectivity index (χ1) is 10.9. The second-order valence-electron chi connectivity index (χ2n) is 4.67. The molecule has 0 unspecified atom stereocenters. The Hall–Kier alpha value is -2.24. The van der Waals surface area contributed by atoms with Gasteiger partial charge in [0.15, 0.2) is 0 Å². The van der Waals surface area contributed by atoms with Crippen LogP contribution in [-0.2, 0) is 4.79 Å². The van der Waals surface area contributed by atoms with Crippen LogP contribution in [0.3, 0.4) is 0 Å². The molecular formula is C16H14Cl2N2O3. The summed E-state index contributed by atoms with van der Waals surface area (Å²) in [6.07, 6.45) is 0. The van der Waals surface area contributed by atoms with Gasteiger partial charge in [0.05, 0.1) is 23.4 Å². The molecule has 2 aromatic rings. The maximum atomic E-state index is 12.4. The molecule has 2 N–H and O–H groups in total. The third-order valence-corrected chi connectivity index (χ3v) is 3.49. The number of benzene rings is 2. The number of hydrogen-bond acceptors (Lipinski definition) is 3. The van der Waals surface area contributed by atoms with E-state index in [2.05, 4.69) is 10.6 Å². The van der Waals surface area contributed by atoms with Gasteiger partial charge >= 0.3 is 0 Å². The van der Waals surface area contributed by atoms with E-state index >= 15 is 0 Å². The van der Waals surface area contributed by atoms with E-state index in [1.54, 1.807) is 24.3 Å². The molecular weight excluding hydrogens is 339 g/mol. The van der Waals surface area contributed by atoms with Crippen LogP contribution in [0.15, 0.2) is 36.4 Å². The summed E-state index contributed by atoms with van der Waals surface area (Å²) in [5.41, 5.74) is 1.23. The summed E-state index contributed by atoms with van der Waals surface area (Å²) < 4.78 is 5.21. The molecule has 2 amide bonds. The molecule has 0 aliphatic carbocycles. The first-order valence-corrected chi connectivity index (χ1v) is 7.38. The van der Waals surface area contributed by atoms with Gasteiger partial charge < -0.3 is 15.4 Å². The zero-order valence-corrected chi connectivity index (χ0v) is 14.0. The Labute approximate surface area is 143 Å². The molecule has 0 bridgehead atoms. The maximum Gasteiger partial charge on any atom is 0.257 e. The van der Waals surface area contributed by atoms with Gasteiger partial charge in [0.1, 0.15) is 5.75 Å². The Kier molecular flexibility index (Phi) is 5.47. The van der Waals surface area contributed by atoms with Crippen LogP contribution in [0.2, 0.25) is 10.0 Å². The van der Waals surface area contributed by atoms with Gasteiger partial charge in [-0.1, -0.05) is 23.2 Å². The number of ether oxygens (including phenoxy) is 1. The van der Waals surface area contributed by atoms with Gasteiger partial charge in [0.2, 0.25) is 5.91 Å². The molecule has 2 rings (SSSR count). The fraction of sp³-hybridized carbons (Fsp3) is 0.125. The predicted molar refractivity (Wildman–Crippen MR) is 91.7 cm³/mol. The van der Waals surface area contributed by atoms with Crippen LogP contribution in [0, 0.1) is 0 Å². The van der Waals surface area contributed by atoms with Crippen LogP contribution in [0.25, 0.3) is 0 Å². The summed E-state index contributed by atoms with van der Waals surface area (Å²) in [4.78, 5) is 23.5. The summed E-state index contributed by atoms with van der Waals surface area (Å²) >= 11 is 11.9. The number of methoxy groups -OCH3 is 1. The van der Waals surface area contributed by atoms with Gasteiger partial charge in [0, 0.05) is 17.6 Å². The Balaban J connectivity index is 2.30. The van der Waals surface area contributed by atoms with Crippen molar-refractivity contribution in [2.24, 2.45) is 0 Å². The fourth-order valence-corrected chi connectivity index (χ4v) is 2.44. The number of halogens is 2. The van der Waals surface area contributed by atoms with Crippen molar-refractivity contribution in [1.82, 2.24) is 0 Å². The van der Waals surface area contributed by atoms with Gasteiger partial charge in [-0.2, -0.15) is 0 Å². The fourth-order valence-electron chi connectivity index (χ4n) is 1.95. The third kappa shape index (κ3) is 4.37. The van der Waals surface area contributed by atoms with Gasteiger partial charge in [-0.25, -0.2) is 0 Å². The number of carbonyl (C=O) groups excluding carboxylic acids is 2. The van der Waals surface area contributed by atoms with Crippen LogP contribution in [-0.4, -0.2) is 18.9 Å². The predicted octanol–water partition coefficient (Wildman–Crippen LogP) is 4.21. The molecule has 120 valence electrons. The lowest BCUT2D eigenvalue weighted by Gasteiger charge is -2.13.